The van der Waals surface area contributed by atoms with Crippen molar-refractivity contribution in [1.82, 2.24) is 4.90 Å². The van der Waals surface area contributed by atoms with Gasteiger partial charge in [0.1, 0.15) is 0 Å². The number of hydrogen-bond donors (Lipinski definition) is 2. The molecule has 3 atom stereocenters. The second-order valence-corrected chi connectivity index (χ2v) is 5.27. The van der Waals surface area contributed by atoms with Crippen molar-refractivity contribution >= 4 is 11.9 Å². The summed E-state index contributed by atoms with van der Waals surface area (Å²) in [5.41, 5.74) is 0.530. The lowest BCUT2D eigenvalue weighted by Crippen LogP contribution is -2.49. The largest absolute Gasteiger partial charge is 0.481 e. The van der Waals surface area contributed by atoms with Crippen LogP contribution in [-0.2, 0) is 9.59 Å². The Balaban J connectivity index is 2.12. The number of aliphatic carboxylic acids is 1. The number of nitrogens with zero attached hydrogens (tertiary/aromatic N) is 1. The fraction of sp³-hybridized carbons (Fsp3) is 0.467. The van der Waals surface area contributed by atoms with Gasteiger partial charge in [-0.1, -0.05) is 30.3 Å². The van der Waals surface area contributed by atoms with Gasteiger partial charge in [-0.15, -0.1) is 0 Å². The Morgan fingerprint density at radius 1 is 1.25 bits per heavy atom. The van der Waals surface area contributed by atoms with Gasteiger partial charge < -0.3 is 15.1 Å². The fourth-order valence-corrected chi connectivity index (χ4v) is 2.55. The number of carbonyl (C=O) groups excluding carboxylic acids is 1. The molecule has 0 bridgehead atoms. The van der Waals surface area contributed by atoms with Gasteiger partial charge in [0.15, 0.2) is 6.10 Å². The van der Waals surface area contributed by atoms with Gasteiger partial charge in [0.25, 0.3) is 5.91 Å². The third kappa shape index (κ3) is 2.99. The van der Waals surface area contributed by atoms with Gasteiger partial charge in [-0.3, -0.25) is 9.59 Å². The quantitative estimate of drug-likeness (QED) is 0.876. The molecule has 1 aliphatic rings. The monoisotopic (exact) mass is 277 g/mol. The first-order chi connectivity index (χ1) is 9.50. The Bertz CT molecular complexity index is 488. The number of carbonyl (C=O) groups is 2. The normalized spacial score (nSPS) is 24.2. The van der Waals surface area contributed by atoms with Crippen LogP contribution in [0.25, 0.3) is 0 Å². The highest BCUT2D eigenvalue weighted by atomic mass is 16.4. The first-order valence-corrected chi connectivity index (χ1v) is 6.77. The number of rotatable bonds is 3. The van der Waals surface area contributed by atoms with Crippen LogP contribution >= 0.6 is 0 Å². The Hall–Kier alpha value is -1.88. The highest BCUT2D eigenvalue weighted by Crippen LogP contribution is 2.25. The molecule has 0 aliphatic carbocycles. The summed E-state index contributed by atoms with van der Waals surface area (Å²) in [6.45, 7) is 2.05. The van der Waals surface area contributed by atoms with E-state index in [0.717, 1.165) is 0 Å². The van der Waals surface area contributed by atoms with Gasteiger partial charge in [-0.25, -0.2) is 0 Å². The Morgan fingerprint density at radius 3 is 2.50 bits per heavy atom. The summed E-state index contributed by atoms with van der Waals surface area (Å²) in [5, 5.41) is 19.2. The molecular weight excluding hydrogens is 258 g/mol. The maximum absolute atomic E-state index is 12.4. The van der Waals surface area contributed by atoms with Crippen molar-refractivity contribution in [2.75, 3.05) is 6.54 Å². The van der Waals surface area contributed by atoms with E-state index >= 15 is 0 Å². The molecular formula is C15H19NO4. The van der Waals surface area contributed by atoms with Gasteiger partial charge in [0.05, 0.1) is 5.92 Å². The summed E-state index contributed by atoms with van der Waals surface area (Å²) in [6.07, 6.45) is -0.0162. The first-order valence-electron chi connectivity index (χ1n) is 6.77. The Morgan fingerprint density at radius 2 is 1.90 bits per heavy atom. The van der Waals surface area contributed by atoms with Crippen molar-refractivity contribution in [2.45, 2.75) is 31.9 Å². The summed E-state index contributed by atoms with van der Waals surface area (Å²) in [6, 6.07) is 8.65. The second kappa shape index (κ2) is 6.05. The van der Waals surface area contributed by atoms with E-state index < -0.39 is 23.9 Å². The van der Waals surface area contributed by atoms with Gasteiger partial charge in [0, 0.05) is 12.6 Å². The third-order valence-corrected chi connectivity index (χ3v) is 3.86. The zero-order valence-corrected chi connectivity index (χ0v) is 11.4. The van der Waals surface area contributed by atoms with Crippen LogP contribution in [0.1, 0.15) is 31.4 Å². The molecule has 1 heterocycles. The highest BCUT2D eigenvalue weighted by molar-refractivity contribution is 5.83. The van der Waals surface area contributed by atoms with Crippen LogP contribution < -0.4 is 0 Å². The van der Waals surface area contributed by atoms with Crippen LogP contribution in [0.15, 0.2) is 30.3 Å². The summed E-state index contributed by atoms with van der Waals surface area (Å²) in [5.74, 6) is -1.85. The van der Waals surface area contributed by atoms with E-state index in [0.29, 0.717) is 18.4 Å². The summed E-state index contributed by atoms with van der Waals surface area (Å²) in [7, 11) is 0. The molecule has 1 aromatic carbocycles. The number of aliphatic hydroxyl groups is 1. The average Bonchev–Trinajstić information content (AvgIpc) is 2.47. The summed E-state index contributed by atoms with van der Waals surface area (Å²) < 4.78 is 0. The van der Waals surface area contributed by atoms with E-state index in [-0.39, 0.29) is 12.6 Å². The number of benzene rings is 1. The van der Waals surface area contributed by atoms with E-state index in [1.54, 1.807) is 24.3 Å². The second-order valence-electron chi connectivity index (χ2n) is 5.27. The maximum Gasteiger partial charge on any atom is 0.308 e. The minimum Gasteiger partial charge on any atom is -0.481 e. The van der Waals surface area contributed by atoms with Crippen molar-refractivity contribution in [3.05, 3.63) is 35.9 Å². The van der Waals surface area contributed by atoms with E-state index in [1.807, 2.05) is 13.0 Å². The number of likely N-dealkylation sites (tertiary alicyclic amines) is 1. The van der Waals surface area contributed by atoms with Crippen LogP contribution in [0.3, 0.4) is 0 Å². The average molecular weight is 277 g/mol. The third-order valence-electron chi connectivity index (χ3n) is 3.86. The molecule has 1 saturated heterocycles. The molecule has 108 valence electrons. The molecule has 20 heavy (non-hydrogen) atoms. The van der Waals surface area contributed by atoms with Crippen LogP contribution in [-0.4, -0.2) is 39.6 Å². The molecule has 5 heteroatoms. The molecule has 5 nitrogen and oxygen atoms in total. The molecule has 0 radical (unpaired) electrons. The fourth-order valence-electron chi connectivity index (χ4n) is 2.55. The Labute approximate surface area is 117 Å². The maximum atomic E-state index is 12.4. The van der Waals surface area contributed by atoms with E-state index in [2.05, 4.69) is 0 Å². The zero-order chi connectivity index (χ0) is 14.7. The lowest BCUT2D eigenvalue weighted by Gasteiger charge is -2.37. The van der Waals surface area contributed by atoms with Crippen LogP contribution in [0.2, 0.25) is 0 Å². The standard InChI is InChI=1S/C15H19NO4/c1-10-7-8-12(15(19)20)9-16(10)14(18)13(17)11-5-3-2-4-6-11/h2-6,10,12-13,17H,7-9H2,1H3,(H,19,20)/t10?,12?,13-/m1/s1. The minimum absolute atomic E-state index is 0.0449. The molecule has 1 aliphatic heterocycles. The zero-order valence-electron chi connectivity index (χ0n) is 11.4. The van der Waals surface area contributed by atoms with Crippen molar-refractivity contribution in [1.29, 1.82) is 0 Å². The predicted octanol–water partition coefficient (Wildman–Crippen LogP) is 1.43. The number of hydrogen-bond acceptors (Lipinski definition) is 3. The Kier molecular flexibility index (Phi) is 4.39. The smallest absolute Gasteiger partial charge is 0.308 e. The van der Waals surface area contributed by atoms with Crippen molar-refractivity contribution < 1.29 is 19.8 Å². The number of aliphatic hydroxyl groups excluding tert-OH is 1. The van der Waals surface area contributed by atoms with Crippen LogP contribution in [0.4, 0.5) is 0 Å². The summed E-state index contributed by atoms with van der Waals surface area (Å²) in [4.78, 5) is 24.9. The van der Waals surface area contributed by atoms with E-state index in [1.165, 1.54) is 4.90 Å². The van der Waals surface area contributed by atoms with Gasteiger partial charge in [-0.2, -0.15) is 0 Å². The number of amides is 1. The SMILES string of the molecule is CC1CCC(C(=O)O)CN1C(=O)[C@H](O)c1ccccc1. The van der Waals surface area contributed by atoms with Gasteiger partial charge in [0.2, 0.25) is 0 Å². The molecule has 2 rings (SSSR count). The lowest BCUT2D eigenvalue weighted by atomic mass is 9.92. The molecule has 0 spiro atoms. The predicted molar refractivity (Wildman–Crippen MR) is 72.9 cm³/mol. The van der Waals surface area contributed by atoms with Crippen LogP contribution in [0, 0.1) is 5.92 Å². The van der Waals surface area contributed by atoms with Crippen molar-refractivity contribution in [3.63, 3.8) is 0 Å². The van der Waals surface area contributed by atoms with Gasteiger partial charge >= 0.3 is 5.97 Å². The topological polar surface area (TPSA) is 77.8 Å². The van der Waals surface area contributed by atoms with E-state index in [4.69, 9.17) is 5.11 Å². The highest BCUT2D eigenvalue weighted by Gasteiger charge is 2.35. The first kappa shape index (κ1) is 14.5. The van der Waals surface area contributed by atoms with Crippen molar-refractivity contribution in [3.8, 4) is 0 Å². The van der Waals surface area contributed by atoms with Gasteiger partial charge in [-0.05, 0) is 25.3 Å². The number of carboxylic acids is 1. The molecule has 0 aromatic heterocycles. The van der Waals surface area contributed by atoms with Crippen LogP contribution in [0.5, 0.6) is 0 Å². The minimum atomic E-state index is -1.23. The molecule has 2 N–H and O–H groups in total. The molecule has 1 amide bonds. The molecule has 2 unspecified atom stereocenters. The number of piperidine rings is 1. The number of carboxylic acid groups (broad SMARTS) is 1. The van der Waals surface area contributed by atoms with Crippen molar-refractivity contribution in [2.24, 2.45) is 5.92 Å². The van der Waals surface area contributed by atoms with E-state index in [9.17, 15) is 14.7 Å². The molecule has 0 saturated carbocycles. The molecule has 1 aromatic rings. The summed E-state index contributed by atoms with van der Waals surface area (Å²) >= 11 is 0. The molecule has 1 fully saturated rings. The lowest BCUT2D eigenvalue weighted by molar-refractivity contribution is -0.151.